The third kappa shape index (κ3) is 3.94. The van der Waals surface area contributed by atoms with E-state index in [1.807, 2.05) is 37.3 Å². The molecule has 3 N–H and O–H groups in total. The molecular formula is C17H18N2OS. The van der Waals surface area contributed by atoms with Gasteiger partial charge in [0.15, 0.2) is 0 Å². The summed E-state index contributed by atoms with van der Waals surface area (Å²) in [5, 5.41) is 2.95. The van der Waals surface area contributed by atoms with Gasteiger partial charge >= 0.3 is 0 Å². The normalized spacial score (nSPS) is 9.86. The Balaban J connectivity index is 2.14. The van der Waals surface area contributed by atoms with Crippen LogP contribution in [0.1, 0.15) is 32.6 Å². The third-order valence-corrected chi connectivity index (χ3v) is 4.27. The molecule has 1 amide bonds. The quantitative estimate of drug-likeness (QED) is 0.855. The molecule has 0 aliphatic heterocycles. The van der Waals surface area contributed by atoms with E-state index in [-0.39, 0.29) is 5.91 Å². The maximum Gasteiger partial charge on any atom is 0.265 e. The molecule has 108 valence electrons. The zero-order chi connectivity index (χ0) is 15.2. The zero-order valence-electron chi connectivity index (χ0n) is 12.2. The lowest BCUT2D eigenvalue weighted by Crippen LogP contribution is -2.11. The number of nitrogens with two attached hydrogens (primary N) is 1. The Morgan fingerprint density at radius 2 is 2.14 bits per heavy atom. The second kappa shape index (κ2) is 7.07. The van der Waals surface area contributed by atoms with E-state index >= 15 is 0 Å². The van der Waals surface area contributed by atoms with Crippen LogP contribution in [0.2, 0.25) is 0 Å². The minimum absolute atomic E-state index is 0.0661. The first kappa shape index (κ1) is 15.3. The van der Waals surface area contributed by atoms with Crippen molar-refractivity contribution < 1.29 is 4.79 Å². The molecule has 0 bridgehead atoms. The molecule has 0 radical (unpaired) electrons. The lowest BCUT2D eigenvalue weighted by molar-refractivity contribution is 0.103. The van der Waals surface area contributed by atoms with Gasteiger partial charge in [0, 0.05) is 16.1 Å². The summed E-state index contributed by atoms with van der Waals surface area (Å²) in [5.74, 6) is 5.74. The van der Waals surface area contributed by atoms with Crippen molar-refractivity contribution in [2.24, 2.45) is 5.73 Å². The predicted molar refractivity (Wildman–Crippen MR) is 88.8 cm³/mol. The van der Waals surface area contributed by atoms with Gasteiger partial charge in [-0.2, -0.15) is 0 Å². The Labute approximate surface area is 129 Å². The Hall–Kier alpha value is -2.09. The summed E-state index contributed by atoms with van der Waals surface area (Å²) in [5.41, 5.74) is 8.06. The number of hydrogen-bond acceptors (Lipinski definition) is 3. The number of hydrogen-bond donors (Lipinski definition) is 2. The Morgan fingerprint density at radius 3 is 2.76 bits per heavy atom. The Bertz CT molecular complexity index is 707. The van der Waals surface area contributed by atoms with Crippen molar-refractivity contribution in [1.82, 2.24) is 0 Å². The highest BCUT2D eigenvalue weighted by Crippen LogP contribution is 2.21. The molecule has 0 atom stereocenters. The Kier molecular flexibility index (Phi) is 5.15. The molecule has 3 nitrogen and oxygen atoms in total. The first-order valence-electron chi connectivity index (χ1n) is 6.83. The maximum atomic E-state index is 12.2. The predicted octanol–water partition coefficient (Wildman–Crippen LogP) is 3.18. The zero-order valence-corrected chi connectivity index (χ0v) is 13.0. The molecule has 4 heteroatoms. The molecule has 1 aromatic heterocycles. The van der Waals surface area contributed by atoms with Crippen LogP contribution < -0.4 is 11.1 Å². The van der Waals surface area contributed by atoms with Crippen LogP contribution in [0.25, 0.3) is 0 Å². The lowest BCUT2D eigenvalue weighted by Gasteiger charge is -2.07. The summed E-state index contributed by atoms with van der Waals surface area (Å²) < 4.78 is 0. The van der Waals surface area contributed by atoms with E-state index in [0.717, 1.165) is 28.1 Å². The minimum atomic E-state index is -0.0661. The van der Waals surface area contributed by atoms with Gasteiger partial charge in [-0.05, 0) is 49.2 Å². The van der Waals surface area contributed by atoms with E-state index in [9.17, 15) is 4.79 Å². The largest absolute Gasteiger partial charge is 0.321 e. The van der Waals surface area contributed by atoms with Crippen molar-refractivity contribution in [2.45, 2.75) is 20.3 Å². The summed E-state index contributed by atoms with van der Waals surface area (Å²) in [4.78, 5) is 14.2. The minimum Gasteiger partial charge on any atom is -0.321 e. The molecule has 0 saturated carbocycles. The summed E-state index contributed by atoms with van der Waals surface area (Å²) in [6.07, 6.45) is 0.950. The molecule has 2 rings (SSSR count). The van der Waals surface area contributed by atoms with Gasteiger partial charge in [0.1, 0.15) is 0 Å². The molecule has 0 aliphatic carbocycles. The number of benzene rings is 1. The fraction of sp³-hybridized carbons (Fsp3) is 0.235. The number of rotatable bonds is 3. The third-order valence-electron chi connectivity index (χ3n) is 3.04. The number of carbonyl (C=O) groups is 1. The van der Waals surface area contributed by atoms with Crippen LogP contribution in [-0.4, -0.2) is 12.5 Å². The highest BCUT2D eigenvalue weighted by atomic mass is 32.1. The molecule has 0 unspecified atom stereocenters. The van der Waals surface area contributed by atoms with Gasteiger partial charge in [-0.25, -0.2) is 0 Å². The Morgan fingerprint density at radius 1 is 1.33 bits per heavy atom. The summed E-state index contributed by atoms with van der Waals surface area (Å²) in [7, 11) is 0. The number of amides is 1. The average molecular weight is 298 g/mol. The molecule has 1 heterocycles. The van der Waals surface area contributed by atoms with Crippen molar-refractivity contribution in [1.29, 1.82) is 0 Å². The van der Waals surface area contributed by atoms with Gasteiger partial charge in [-0.3, -0.25) is 4.79 Å². The average Bonchev–Trinajstić information content (AvgIpc) is 2.96. The first-order chi connectivity index (χ1) is 10.1. The highest BCUT2D eigenvalue weighted by Gasteiger charge is 2.10. The number of anilines is 1. The van der Waals surface area contributed by atoms with Crippen LogP contribution in [0.3, 0.4) is 0 Å². The highest BCUT2D eigenvalue weighted by molar-refractivity contribution is 7.14. The number of carbonyl (C=O) groups excluding carboxylic acids is 1. The van der Waals surface area contributed by atoms with E-state index in [1.165, 1.54) is 16.2 Å². The molecule has 1 aromatic carbocycles. The van der Waals surface area contributed by atoms with Gasteiger partial charge in [0.2, 0.25) is 0 Å². The van der Waals surface area contributed by atoms with Crippen LogP contribution in [-0.2, 0) is 6.42 Å². The maximum absolute atomic E-state index is 12.2. The van der Waals surface area contributed by atoms with Crippen molar-refractivity contribution in [3.63, 3.8) is 0 Å². The van der Waals surface area contributed by atoms with Crippen LogP contribution >= 0.6 is 11.3 Å². The first-order valence-corrected chi connectivity index (χ1v) is 7.65. The van der Waals surface area contributed by atoms with Crippen molar-refractivity contribution in [3.05, 3.63) is 51.2 Å². The van der Waals surface area contributed by atoms with Gasteiger partial charge in [0.25, 0.3) is 5.91 Å². The lowest BCUT2D eigenvalue weighted by atomic mass is 10.1. The van der Waals surface area contributed by atoms with Gasteiger partial charge in [-0.15, -0.1) is 11.3 Å². The smallest absolute Gasteiger partial charge is 0.265 e. The van der Waals surface area contributed by atoms with Crippen LogP contribution in [0, 0.1) is 18.8 Å². The van der Waals surface area contributed by atoms with Gasteiger partial charge < -0.3 is 11.1 Å². The summed E-state index contributed by atoms with van der Waals surface area (Å²) >= 11 is 1.53. The van der Waals surface area contributed by atoms with E-state index in [2.05, 4.69) is 24.1 Å². The monoisotopic (exact) mass is 298 g/mol. The van der Waals surface area contributed by atoms with E-state index < -0.39 is 0 Å². The van der Waals surface area contributed by atoms with Crippen molar-refractivity contribution in [3.8, 4) is 11.8 Å². The van der Waals surface area contributed by atoms with E-state index in [0.29, 0.717) is 6.54 Å². The second-order valence-corrected chi connectivity index (χ2v) is 5.78. The molecule has 21 heavy (non-hydrogen) atoms. The number of thiophene rings is 1. The second-order valence-electron chi connectivity index (χ2n) is 4.61. The fourth-order valence-electron chi connectivity index (χ4n) is 1.91. The fourth-order valence-corrected chi connectivity index (χ4v) is 2.75. The van der Waals surface area contributed by atoms with Crippen molar-refractivity contribution >= 4 is 22.9 Å². The SMILES string of the molecule is CCc1ccc(C(=O)Nc2ccc(C#CCN)cc2C)s1. The summed E-state index contributed by atoms with van der Waals surface area (Å²) in [6, 6.07) is 9.58. The van der Waals surface area contributed by atoms with Crippen molar-refractivity contribution in [2.75, 3.05) is 11.9 Å². The van der Waals surface area contributed by atoms with Gasteiger partial charge in [-0.1, -0.05) is 18.8 Å². The molecular weight excluding hydrogens is 280 g/mol. The molecule has 0 aliphatic rings. The standard InChI is InChI=1S/C17H18N2OS/c1-3-14-7-9-16(21-14)17(20)19-15-8-6-13(5-4-10-18)11-12(15)2/h6-9,11H,3,10,18H2,1-2H3,(H,19,20). The van der Waals surface area contributed by atoms with E-state index in [1.54, 1.807) is 0 Å². The van der Waals surface area contributed by atoms with E-state index in [4.69, 9.17) is 5.73 Å². The number of nitrogens with one attached hydrogen (secondary N) is 1. The molecule has 0 fully saturated rings. The van der Waals surface area contributed by atoms with Gasteiger partial charge in [0.05, 0.1) is 11.4 Å². The summed E-state index contributed by atoms with van der Waals surface area (Å²) in [6.45, 7) is 4.38. The van der Waals surface area contributed by atoms with Crippen LogP contribution in [0.4, 0.5) is 5.69 Å². The molecule has 0 saturated heterocycles. The molecule has 2 aromatic rings. The van der Waals surface area contributed by atoms with Crippen LogP contribution in [0.15, 0.2) is 30.3 Å². The van der Waals surface area contributed by atoms with Crippen LogP contribution in [0.5, 0.6) is 0 Å². The number of aryl methyl sites for hydroxylation is 2. The molecule has 0 spiro atoms. The topological polar surface area (TPSA) is 55.1 Å².